The molecule has 0 unspecified atom stereocenters. The lowest BCUT2D eigenvalue weighted by atomic mass is 10.3. The van der Waals surface area contributed by atoms with Gasteiger partial charge >= 0.3 is 0 Å². The SMILES string of the molecule is CCCC(=O)N1CCCN(C(=O)COc2ccc(F)cc2)CC1. The van der Waals surface area contributed by atoms with Gasteiger partial charge in [0.25, 0.3) is 5.91 Å². The Morgan fingerprint density at radius 2 is 1.65 bits per heavy atom. The van der Waals surface area contributed by atoms with E-state index in [0.717, 1.165) is 12.8 Å². The number of carbonyl (C=O) groups is 2. The van der Waals surface area contributed by atoms with Gasteiger partial charge < -0.3 is 14.5 Å². The fourth-order valence-corrected chi connectivity index (χ4v) is 2.56. The highest BCUT2D eigenvalue weighted by atomic mass is 19.1. The smallest absolute Gasteiger partial charge is 0.260 e. The Balaban J connectivity index is 1.81. The molecule has 1 fully saturated rings. The van der Waals surface area contributed by atoms with Crippen LogP contribution in [0.4, 0.5) is 4.39 Å². The van der Waals surface area contributed by atoms with Crippen LogP contribution in [0.25, 0.3) is 0 Å². The average molecular weight is 322 g/mol. The minimum Gasteiger partial charge on any atom is -0.484 e. The fourth-order valence-electron chi connectivity index (χ4n) is 2.56. The van der Waals surface area contributed by atoms with E-state index in [4.69, 9.17) is 4.74 Å². The van der Waals surface area contributed by atoms with Crippen molar-refractivity contribution in [1.82, 2.24) is 9.80 Å². The second-order valence-corrected chi connectivity index (χ2v) is 5.61. The van der Waals surface area contributed by atoms with E-state index in [0.29, 0.717) is 38.3 Å². The Kier molecular flexibility index (Phi) is 6.38. The van der Waals surface area contributed by atoms with Crippen molar-refractivity contribution in [3.63, 3.8) is 0 Å². The minimum atomic E-state index is -0.340. The largest absolute Gasteiger partial charge is 0.484 e. The van der Waals surface area contributed by atoms with Gasteiger partial charge in [-0.05, 0) is 37.1 Å². The Morgan fingerprint density at radius 3 is 2.26 bits per heavy atom. The lowest BCUT2D eigenvalue weighted by molar-refractivity contribution is -0.134. The molecule has 1 saturated heterocycles. The van der Waals surface area contributed by atoms with Crippen molar-refractivity contribution in [2.75, 3.05) is 32.8 Å². The van der Waals surface area contributed by atoms with Crippen LogP contribution >= 0.6 is 0 Å². The summed E-state index contributed by atoms with van der Waals surface area (Å²) in [5.74, 6) is 0.172. The Labute approximate surface area is 136 Å². The lowest BCUT2D eigenvalue weighted by Gasteiger charge is -2.22. The van der Waals surface area contributed by atoms with E-state index >= 15 is 0 Å². The van der Waals surface area contributed by atoms with Crippen LogP contribution in [0.15, 0.2) is 24.3 Å². The number of amides is 2. The number of rotatable bonds is 5. The Morgan fingerprint density at radius 1 is 1.04 bits per heavy atom. The molecule has 5 nitrogen and oxygen atoms in total. The molecule has 0 atom stereocenters. The molecular formula is C17H23FN2O3. The molecule has 0 spiro atoms. The van der Waals surface area contributed by atoms with E-state index in [-0.39, 0.29) is 24.2 Å². The molecule has 0 saturated carbocycles. The summed E-state index contributed by atoms with van der Waals surface area (Å²) in [6.45, 7) is 4.33. The molecule has 2 rings (SSSR count). The van der Waals surface area contributed by atoms with Crippen molar-refractivity contribution in [3.8, 4) is 5.75 Å². The van der Waals surface area contributed by atoms with Gasteiger partial charge in [-0.25, -0.2) is 4.39 Å². The number of ether oxygens (including phenoxy) is 1. The van der Waals surface area contributed by atoms with Crippen molar-refractivity contribution in [3.05, 3.63) is 30.1 Å². The normalized spacial score (nSPS) is 15.2. The number of carbonyl (C=O) groups excluding carboxylic acids is 2. The van der Waals surface area contributed by atoms with Crippen LogP contribution in [0.3, 0.4) is 0 Å². The fraction of sp³-hybridized carbons (Fsp3) is 0.529. The standard InChI is InChI=1S/C17H23FN2O3/c1-2-4-16(21)19-9-3-10-20(12-11-19)17(22)13-23-15-7-5-14(18)6-8-15/h5-8H,2-4,9-13H2,1H3. The van der Waals surface area contributed by atoms with E-state index < -0.39 is 0 Å². The molecule has 23 heavy (non-hydrogen) atoms. The maximum atomic E-state index is 12.8. The molecule has 6 heteroatoms. The highest BCUT2D eigenvalue weighted by molar-refractivity contribution is 5.78. The van der Waals surface area contributed by atoms with Crippen LogP contribution in [0.1, 0.15) is 26.2 Å². The summed E-state index contributed by atoms with van der Waals surface area (Å²) in [4.78, 5) is 27.7. The molecule has 1 aliphatic rings. The van der Waals surface area contributed by atoms with E-state index in [1.165, 1.54) is 24.3 Å². The van der Waals surface area contributed by atoms with Crippen LogP contribution in [-0.4, -0.2) is 54.4 Å². The first-order chi connectivity index (χ1) is 11.1. The summed E-state index contributed by atoms with van der Waals surface area (Å²) >= 11 is 0. The Hall–Kier alpha value is -2.11. The number of hydrogen-bond donors (Lipinski definition) is 0. The predicted octanol–water partition coefficient (Wildman–Crippen LogP) is 2.07. The predicted molar refractivity (Wildman–Crippen MR) is 84.6 cm³/mol. The topological polar surface area (TPSA) is 49.9 Å². The van der Waals surface area contributed by atoms with Gasteiger partial charge in [-0.2, -0.15) is 0 Å². The number of halogens is 1. The zero-order chi connectivity index (χ0) is 16.7. The highest BCUT2D eigenvalue weighted by Gasteiger charge is 2.21. The zero-order valence-corrected chi connectivity index (χ0v) is 13.5. The molecule has 1 aromatic carbocycles. The van der Waals surface area contributed by atoms with Gasteiger partial charge in [-0.15, -0.1) is 0 Å². The maximum Gasteiger partial charge on any atom is 0.260 e. The van der Waals surface area contributed by atoms with Crippen LogP contribution < -0.4 is 4.74 Å². The third kappa shape index (κ3) is 5.23. The number of nitrogens with zero attached hydrogens (tertiary/aromatic N) is 2. The van der Waals surface area contributed by atoms with Gasteiger partial charge in [0.1, 0.15) is 11.6 Å². The first-order valence-electron chi connectivity index (χ1n) is 8.04. The summed E-state index contributed by atoms with van der Waals surface area (Å²) in [6, 6.07) is 5.58. The Bertz CT molecular complexity index is 533. The first kappa shape index (κ1) is 17.2. The van der Waals surface area contributed by atoms with Crippen molar-refractivity contribution in [1.29, 1.82) is 0 Å². The van der Waals surface area contributed by atoms with Crippen molar-refractivity contribution < 1.29 is 18.7 Å². The molecular weight excluding hydrogens is 299 g/mol. The van der Waals surface area contributed by atoms with Gasteiger partial charge in [0.2, 0.25) is 5.91 Å². The van der Waals surface area contributed by atoms with Crippen molar-refractivity contribution >= 4 is 11.8 Å². The monoisotopic (exact) mass is 322 g/mol. The summed E-state index contributed by atoms with van der Waals surface area (Å²) in [5.41, 5.74) is 0. The third-order valence-corrected chi connectivity index (χ3v) is 3.84. The third-order valence-electron chi connectivity index (χ3n) is 3.84. The highest BCUT2D eigenvalue weighted by Crippen LogP contribution is 2.12. The van der Waals surface area contributed by atoms with E-state index in [1.807, 2.05) is 11.8 Å². The molecule has 1 aliphatic heterocycles. The summed E-state index contributed by atoms with van der Waals surface area (Å²) in [5, 5.41) is 0. The molecule has 0 bridgehead atoms. The summed E-state index contributed by atoms with van der Waals surface area (Å²) < 4.78 is 18.2. The number of benzene rings is 1. The first-order valence-corrected chi connectivity index (χ1v) is 8.04. The van der Waals surface area contributed by atoms with E-state index in [9.17, 15) is 14.0 Å². The van der Waals surface area contributed by atoms with Gasteiger partial charge in [-0.1, -0.05) is 6.92 Å². The van der Waals surface area contributed by atoms with Crippen molar-refractivity contribution in [2.24, 2.45) is 0 Å². The van der Waals surface area contributed by atoms with Crippen LogP contribution in [0.2, 0.25) is 0 Å². The molecule has 1 heterocycles. The molecule has 0 aliphatic carbocycles. The molecule has 0 aromatic heterocycles. The number of hydrogen-bond acceptors (Lipinski definition) is 3. The molecule has 1 aromatic rings. The van der Waals surface area contributed by atoms with Crippen molar-refractivity contribution in [2.45, 2.75) is 26.2 Å². The second kappa shape index (κ2) is 8.50. The molecule has 0 N–H and O–H groups in total. The molecule has 2 amide bonds. The van der Waals surface area contributed by atoms with E-state index in [1.54, 1.807) is 4.90 Å². The van der Waals surface area contributed by atoms with Crippen LogP contribution in [0.5, 0.6) is 5.75 Å². The van der Waals surface area contributed by atoms with E-state index in [2.05, 4.69) is 0 Å². The quantitative estimate of drug-likeness (QED) is 0.834. The van der Waals surface area contributed by atoms with Crippen LogP contribution in [-0.2, 0) is 9.59 Å². The van der Waals surface area contributed by atoms with Gasteiger partial charge in [0.05, 0.1) is 0 Å². The maximum absolute atomic E-state index is 12.8. The minimum absolute atomic E-state index is 0.0749. The van der Waals surface area contributed by atoms with Gasteiger partial charge in [-0.3, -0.25) is 9.59 Å². The lowest BCUT2D eigenvalue weighted by Crippen LogP contribution is -2.39. The molecule has 126 valence electrons. The second-order valence-electron chi connectivity index (χ2n) is 5.61. The van der Waals surface area contributed by atoms with Crippen LogP contribution in [0, 0.1) is 5.82 Å². The zero-order valence-electron chi connectivity index (χ0n) is 13.5. The van der Waals surface area contributed by atoms with Gasteiger partial charge in [0.15, 0.2) is 6.61 Å². The summed E-state index contributed by atoms with van der Waals surface area (Å²) in [6.07, 6.45) is 2.17. The summed E-state index contributed by atoms with van der Waals surface area (Å²) in [7, 11) is 0. The van der Waals surface area contributed by atoms with Gasteiger partial charge in [0, 0.05) is 32.6 Å². The average Bonchev–Trinajstić information content (AvgIpc) is 2.80. The molecule has 0 radical (unpaired) electrons.